The normalized spacial score (nSPS) is 11.5. The first-order valence-corrected chi connectivity index (χ1v) is 17.9. The summed E-state index contributed by atoms with van der Waals surface area (Å²) in [5, 5.41) is 2.16. The van der Waals surface area contributed by atoms with Crippen molar-refractivity contribution >= 4 is 10.8 Å². The summed E-state index contributed by atoms with van der Waals surface area (Å²) in [6.07, 6.45) is 0. The van der Waals surface area contributed by atoms with Crippen molar-refractivity contribution in [3.8, 4) is 89.9 Å². The SMILES string of the molecule is c1ccc(-c2cc(-c3ccccc3)nc(-c3ccc4c(c3)-c3ccc5ccccc5c3Oc3ccccc3-c3ccccc3-c3ccccc3-4)n2)cc1. The van der Waals surface area contributed by atoms with Crippen LogP contribution in [0.3, 0.4) is 0 Å². The van der Waals surface area contributed by atoms with Crippen LogP contribution in [0.1, 0.15) is 0 Å². The maximum Gasteiger partial charge on any atom is 0.160 e. The van der Waals surface area contributed by atoms with Gasteiger partial charge in [-0.2, -0.15) is 0 Å². The molecule has 0 saturated heterocycles. The second kappa shape index (κ2) is 12.9. The smallest absolute Gasteiger partial charge is 0.160 e. The summed E-state index contributed by atoms with van der Waals surface area (Å²) in [6, 6.07) is 68.0. The van der Waals surface area contributed by atoms with Crippen molar-refractivity contribution in [2.75, 3.05) is 0 Å². The standard InChI is InChI=1S/C50H32N2O/c1-3-16-34(17-4-1)46-32-47(35-18-5-2-6-19-35)52-50(51-46)36-28-29-42-40-23-10-9-21-38(40)39-22-11-12-24-41(39)43-25-13-14-26-48(43)53-49-37-20-8-7-15-33(37)27-30-44(49)45(42)31-36/h1-32H. The first-order chi connectivity index (χ1) is 26.3. The molecule has 0 saturated carbocycles. The van der Waals surface area contributed by atoms with Gasteiger partial charge in [-0.15, -0.1) is 0 Å². The average Bonchev–Trinajstić information content (AvgIpc) is 3.25. The fourth-order valence-electron chi connectivity index (χ4n) is 7.59. The molecular formula is C50H32N2O. The summed E-state index contributed by atoms with van der Waals surface area (Å²) in [5.74, 6) is 2.28. The molecule has 1 aliphatic heterocycles. The highest BCUT2D eigenvalue weighted by atomic mass is 16.5. The van der Waals surface area contributed by atoms with Gasteiger partial charge in [-0.1, -0.05) is 170 Å². The molecule has 8 aromatic carbocycles. The maximum atomic E-state index is 7.17. The van der Waals surface area contributed by atoms with E-state index in [1.807, 2.05) is 42.5 Å². The van der Waals surface area contributed by atoms with Crippen LogP contribution in [0.2, 0.25) is 0 Å². The van der Waals surface area contributed by atoms with Crippen LogP contribution in [-0.2, 0) is 0 Å². The summed E-state index contributed by atoms with van der Waals surface area (Å²) in [7, 11) is 0. The molecule has 0 spiro atoms. The summed E-state index contributed by atoms with van der Waals surface area (Å²) >= 11 is 0. The van der Waals surface area contributed by atoms with Gasteiger partial charge in [0.05, 0.1) is 11.4 Å². The summed E-state index contributed by atoms with van der Waals surface area (Å²) in [5.41, 5.74) is 13.5. The number of para-hydroxylation sites is 1. The number of aromatic nitrogens is 2. The van der Waals surface area contributed by atoms with Crippen LogP contribution >= 0.6 is 0 Å². The van der Waals surface area contributed by atoms with Gasteiger partial charge in [0.2, 0.25) is 0 Å². The molecule has 248 valence electrons. The molecule has 0 unspecified atom stereocenters. The van der Waals surface area contributed by atoms with E-state index in [1.165, 1.54) is 0 Å². The number of nitrogens with zero attached hydrogens (tertiary/aromatic N) is 2. The Kier molecular flexibility index (Phi) is 7.47. The van der Waals surface area contributed by atoms with E-state index in [0.29, 0.717) is 5.82 Å². The Morgan fingerprint density at radius 1 is 0.321 bits per heavy atom. The molecule has 0 radical (unpaired) electrons. The lowest BCUT2D eigenvalue weighted by molar-refractivity contribution is 0.492. The number of rotatable bonds is 3. The zero-order valence-electron chi connectivity index (χ0n) is 28.8. The molecule has 0 bridgehead atoms. The largest absolute Gasteiger partial charge is 0.455 e. The third kappa shape index (κ3) is 5.47. The second-order valence-electron chi connectivity index (χ2n) is 13.3. The summed E-state index contributed by atoms with van der Waals surface area (Å²) in [6.45, 7) is 0. The van der Waals surface area contributed by atoms with E-state index >= 15 is 0 Å². The Hall–Kier alpha value is -7.10. The highest BCUT2D eigenvalue weighted by molar-refractivity contribution is 6.03. The molecule has 2 heterocycles. The monoisotopic (exact) mass is 676 g/mol. The zero-order valence-corrected chi connectivity index (χ0v) is 28.8. The minimum atomic E-state index is 0.662. The Morgan fingerprint density at radius 3 is 1.45 bits per heavy atom. The van der Waals surface area contributed by atoms with Gasteiger partial charge in [-0.3, -0.25) is 0 Å². The molecule has 3 heteroatoms. The van der Waals surface area contributed by atoms with Gasteiger partial charge in [0, 0.05) is 33.2 Å². The van der Waals surface area contributed by atoms with Gasteiger partial charge < -0.3 is 4.74 Å². The van der Waals surface area contributed by atoms with E-state index < -0.39 is 0 Å². The van der Waals surface area contributed by atoms with Crippen LogP contribution in [-0.4, -0.2) is 9.97 Å². The van der Waals surface area contributed by atoms with Crippen molar-refractivity contribution in [3.63, 3.8) is 0 Å². The molecule has 1 aromatic heterocycles. The summed E-state index contributed by atoms with van der Waals surface area (Å²) in [4.78, 5) is 10.4. The number of hydrogen-bond donors (Lipinski definition) is 0. The van der Waals surface area contributed by atoms with Crippen molar-refractivity contribution in [2.24, 2.45) is 0 Å². The molecule has 3 nitrogen and oxygen atoms in total. The van der Waals surface area contributed by atoms with Gasteiger partial charge >= 0.3 is 0 Å². The Bertz CT molecular complexity index is 2750. The molecule has 1 aliphatic rings. The second-order valence-corrected chi connectivity index (χ2v) is 13.3. The minimum absolute atomic E-state index is 0.662. The maximum absolute atomic E-state index is 7.17. The first kappa shape index (κ1) is 30.7. The summed E-state index contributed by atoms with van der Waals surface area (Å²) < 4.78 is 7.17. The highest BCUT2D eigenvalue weighted by Gasteiger charge is 2.23. The van der Waals surface area contributed by atoms with E-state index in [0.717, 1.165) is 94.9 Å². The molecule has 10 rings (SSSR count). The van der Waals surface area contributed by atoms with Crippen molar-refractivity contribution in [1.29, 1.82) is 0 Å². The van der Waals surface area contributed by atoms with Crippen molar-refractivity contribution in [3.05, 3.63) is 194 Å². The average molecular weight is 677 g/mol. The van der Waals surface area contributed by atoms with Gasteiger partial charge in [0.25, 0.3) is 0 Å². The van der Waals surface area contributed by atoms with Crippen LogP contribution in [0.4, 0.5) is 0 Å². The number of fused-ring (bicyclic) bond motifs is 11. The van der Waals surface area contributed by atoms with Crippen molar-refractivity contribution in [2.45, 2.75) is 0 Å². The van der Waals surface area contributed by atoms with Crippen LogP contribution in [0.25, 0.3) is 89.2 Å². The molecule has 9 aromatic rings. The van der Waals surface area contributed by atoms with E-state index in [1.54, 1.807) is 0 Å². The molecule has 53 heavy (non-hydrogen) atoms. The molecule has 0 N–H and O–H groups in total. The predicted octanol–water partition coefficient (Wildman–Crippen LogP) is 13.4. The van der Waals surface area contributed by atoms with E-state index in [-0.39, 0.29) is 0 Å². The van der Waals surface area contributed by atoms with Gasteiger partial charge in [-0.25, -0.2) is 9.97 Å². The topological polar surface area (TPSA) is 35.0 Å². The van der Waals surface area contributed by atoms with E-state index in [4.69, 9.17) is 14.7 Å². The molecule has 0 amide bonds. The lowest BCUT2D eigenvalue weighted by Gasteiger charge is -2.19. The van der Waals surface area contributed by atoms with Gasteiger partial charge in [0.1, 0.15) is 11.5 Å². The lowest BCUT2D eigenvalue weighted by atomic mass is 9.85. The van der Waals surface area contributed by atoms with Crippen molar-refractivity contribution in [1.82, 2.24) is 9.97 Å². The molecule has 0 aliphatic carbocycles. The number of ether oxygens (including phenoxy) is 1. The molecule has 0 atom stereocenters. The Balaban J connectivity index is 1.29. The minimum Gasteiger partial charge on any atom is -0.455 e. The van der Waals surface area contributed by atoms with Gasteiger partial charge in [-0.05, 0) is 63.0 Å². The lowest BCUT2D eigenvalue weighted by Crippen LogP contribution is -1.98. The van der Waals surface area contributed by atoms with Crippen LogP contribution in [0.5, 0.6) is 11.5 Å². The van der Waals surface area contributed by atoms with Crippen LogP contribution in [0.15, 0.2) is 194 Å². The van der Waals surface area contributed by atoms with Crippen molar-refractivity contribution < 1.29 is 4.74 Å². The Labute approximate surface area is 308 Å². The zero-order chi connectivity index (χ0) is 35.1. The van der Waals surface area contributed by atoms with Crippen LogP contribution in [0, 0.1) is 0 Å². The van der Waals surface area contributed by atoms with Gasteiger partial charge in [0.15, 0.2) is 5.82 Å². The third-order valence-electron chi connectivity index (χ3n) is 10.1. The highest BCUT2D eigenvalue weighted by Crippen LogP contribution is 2.50. The first-order valence-electron chi connectivity index (χ1n) is 17.9. The Morgan fingerprint density at radius 2 is 0.811 bits per heavy atom. The molecule has 0 fully saturated rings. The third-order valence-corrected chi connectivity index (χ3v) is 10.1. The van der Waals surface area contributed by atoms with Crippen LogP contribution < -0.4 is 4.74 Å². The fraction of sp³-hybridized carbons (Fsp3) is 0. The fourth-order valence-corrected chi connectivity index (χ4v) is 7.59. The quantitative estimate of drug-likeness (QED) is 0.187. The van der Waals surface area contributed by atoms with E-state index in [9.17, 15) is 0 Å². The number of hydrogen-bond acceptors (Lipinski definition) is 3. The van der Waals surface area contributed by atoms with E-state index in [2.05, 4.69) is 152 Å². The molecular weight excluding hydrogens is 645 g/mol. The number of benzene rings is 8. The predicted molar refractivity (Wildman–Crippen MR) is 218 cm³/mol.